The summed E-state index contributed by atoms with van der Waals surface area (Å²) in [7, 11) is 0. The number of aromatic hydroxyl groups is 1. The molecule has 0 saturated heterocycles. The maximum absolute atomic E-state index is 12.5. The average Bonchev–Trinajstić information content (AvgIpc) is 2.30. The summed E-state index contributed by atoms with van der Waals surface area (Å²) in [6.45, 7) is 1.92. The largest absolute Gasteiger partial charge is 0.507 e. The van der Waals surface area contributed by atoms with Crippen molar-refractivity contribution in [1.82, 2.24) is 0 Å². The van der Waals surface area contributed by atoms with Gasteiger partial charge in [0.25, 0.3) is 0 Å². The van der Waals surface area contributed by atoms with Crippen LogP contribution in [-0.4, -0.2) is 17.7 Å². The number of carbonyl (C=O) groups is 1. The van der Waals surface area contributed by atoms with Crippen LogP contribution in [0, 0.1) is 0 Å². The van der Waals surface area contributed by atoms with E-state index in [2.05, 4.69) is 4.74 Å². The molecule has 1 aromatic carbocycles. The fourth-order valence-electron chi connectivity index (χ4n) is 1.40. The quantitative estimate of drug-likeness (QED) is 0.856. The van der Waals surface area contributed by atoms with E-state index < -0.39 is 23.5 Å². The topological polar surface area (TPSA) is 46.5 Å². The molecule has 3 nitrogen and oxygen atoms in total. The number of hydrogen-bond donors (Lipinski definition) is 1. The molecule has 0 amide bonds. The Kier molecular flexibility index (Phi) is 4.97. The number of phenols is 1. The molecular weight excluding hydrogens is 261 g/mol. The van der Waals surface area contributed by atoms with Gasteiger partial charge < -0.3 is 9.84 Å². The lowest BCUT2D eigenvalue weighted by Gasteiger charge is -2.09. The van der Waals surface area contributed by atoms with Crippen LogP contribution in [0.2, 0.25) is 0 Å². The summed E-state index contributed by atoms with van der Waals surface area (Å²) in [5.74, 6) is -1.27. The molecule has 0 unspecified atom stereocenters. The molecule has 0 heterocycles. The van der Waals surface area contributed by atoms with E-state index in [-0.39, 0.29) is 18.6 Å². The fraction of sp³-hybridized carbons (Fsp3) is 0.308. The van der Waals surface area contributed by atoms with Gasteiger partial charge in [-0.15, -0.1) is 0 Å². The van der Waals surface area contributed by atoms with Gasteiger partial charge >= 0.3 is 12.1 Å². The predicted molar refractivity (Wildman–Crippen MR) is 63.4 cm³/mol. The van der Waals surface area contributed by atoms with Gasteiger partial charge in [0, 0.05) is 0 Å². The van der Waals surface area contributed by atoms with Gasteiger partial charge in [-0.05, 0) is 24.6 Å². The minimum atomic E-state index is -4.62. The van der Waals surface area contributed by atoms with Crippen LogP contribution < -0.4 is 0 Å². The number of hydrogen-bond acceptors (Lipinski definition) is 3. The van der Waals surface area contributed by atoms with Crippen LogP contribution in [0.4, 0.5) is 13.2 Å². The van der Waals surface area contributed by atoms with E-state index in [0.717, 1.165) is 12.1 Å². The zero-order valence-electron chi connectivity index (χ0n) is 10.2. The van der Waals surface area contributed by atoms with Crippen molar-refractivity contribution < 1.29 is 27.8 Å². The van der Waals surface area contributed by atoms with E-state index >= 15 is 0 Å². The van der Waals surface area contributed by atoms with Gasteiger partial charge in [-0.1, -0.05) is 18.2 Å². The van der Waals surface area contributed by atoms with Gasteiger partial charge in [0.1, 0.15) is 5.75 Å². The third-order valence-corrected chi connectivity index (χ3v) is 2.23. The summed E-state index contributed by atoms with van der Waals surface area (Å²) in [4.78, 5) is 11.0. The smallest absolute Gasteiger partial charge is 0.419 e. The lowest BCUT2D eigenvalue weighted by Crippen LogP contribution is -2.05. The summed E-state index contributed by atoms with van der Waals surface area (Å²) in [5, 5.41) is 9.14. The molecule has 1 N–H and O–H groups in total. The van der Waals surface area contributed by atoms with Crippen molar-refractivity contribution in [3.63, 3.8) is 0 Å². The number of carbonyl (C=O) groups excluding carboxylic acids is 1. The van der Waals surface area contributed by atoms with Crippen molar-refractivity contribution >= 4 is 12.0 Å². The highest BCUT2D eigenvalue weighted by Crippen LogP contribution is 2.36. The van der Waals surface area contributed by atoms with Gasteiger partial charge in [-0.25, -0.2) is 0 Å². The van der Waals surface area contributed by atoms with Gasteiger partial charge in [-0.3, -0.25) is 4.79 Å². The van der Waals surface area contributed by atoms with Crippen LogP contribution in [0.5, 0.6) is 5.75 Å². The van der Waals surface area contributed by atoms with Crippen molar-refractivity contribution in [2.75, 3.05) is 6.61 Å². The van der Waals surface area contributed by atoms with E-state index in [1.54, 1.807) is 6.92 Å². The van der Waals surface area contributed by atoms with E-state index in [9.17, 15) is 18.0 Å². The van der Waals surface area contributed by atoms with Gasteiger partial charge in [0.2, 0.25) is 0 Å². The molecule has 1 rings (SSSR count). The molecule has 0 radical (unpaired) electrons. The van der Waals surface area contributed by atoms with Crippen molar-refractivity contribution in [2.45, 2.75) is 19.5 Å². The number of esters is 1. The summed E-state index contributed by atoms with van der Waals surface area (Å²) in [5.41, 5.74) is -0.861. The summed E-state index contributed by atoms with van der Waals surface area (Å²) in [6.07, 6.45) is -1.86. The Morgan fingerprint density at radius 2 is 2.11 bits per heavy atom. The molecule has 0 bridgehead atoms. The highest BCUT2D eigenvalue weighted by Gasteiger charge is 2.33. The zero-order chi connectivity index (χ0) is 14.5. The van der Waals surface area contributed by atoms with Crippen LogP contribution in [0.25, 0.3) is 6.08 Å². The lowest BCUT2D eigenvalue weighted by molar-refractivity contribution is -0.142. The van der Waals surface area contributed by atoms with E-state index in [0.29, 0.717) is 0 Å². The number of benzene rings is 1. The molecule has 0 aliphatic carbocycles. The Labute approximate surface area is 108 Å². The first-order valence-electron chi connectivity index (χ1n) is 5.57. The van der Waals surface area contributed by atoms with Crippen molar-refractivity contribution in [3.8, 4) is 5.75 Å². The van der Waals surface area contributed by atoms with E-state index in [1.807, 2.05) is 0 Å². The Bertz CT molecular complexity index is 479. The highest BCUT2D eigenvalue weighted by molar-refractivity contribution is 5.72. The van der Waals surface area contributed by atoms with Crippen molar-refractivity contribution in [2.24, 2.45) is 0 Å². The van der Waals surface area contributed by atoms with Crippen LogP contribution in [0.1, 0.15) is 24.5 Å². The van der Waals surface area contributed by atoms with E-state index in [1.165, 1.54) is 18.2 Å². The first kappa shape index (κ1) is 15.1. The second-order valence-corrected chi connectivity index (χ2v) is 3.69. The molecule has 0 aliphatic heterocycles. The third-order valence-electron chi connectivity index (χ3n) is 2.23. The molecule has 6 heteroatoms. The molecule has 0 saturated carbocycles. The minimum Gasteiger partial charge on any atom is -0.507 e. The Balaban J connectivity index is 2.80. The average molecular weight is 274 g/mol. The molecular formula is C13H13F3O3. The maximum Gasteiger partial charge on any atom is 0.419 e. The predicted octanol–water partition coefficient (Wildman–Crippen LogP) is 3.38. The van der Waals surface area contributed by atoms with Gasteiger partial charge in [0.15, 0.2) is 0 Å². The third kappa shape index (κ3) is 4.65. The number of rotatable bonds is 4. The standard InChI is InChI=1S/C13H13F3O3/c1-2-19-12(18)5-3-4-9-6-7-11(17)10(8-9)13(14,15)16/h3-4,6-8,17H,2,5H2,1H3. The second kappa shape index (κ2) is 6.26. The lowest BCUT2D eigenvalue weighted by atomic mass is 10.1. The Hall–Kier alpha value is -1.98. The number of ether oxygens (including phenoxy) is 1. The van der Waals surface area contributed by atoms with Crippen molar-refractivity contribution in [1.29, 1.82) is 0 Å². The molecule has 19 heavy (non-hydrogen) atoms. The molecule has 0 spiro atoms. The number of phenolic OH excluding ortho intramolecular Hbond substituents is 1. The van der Waals surface area contributed by atoms with Crippen LogP contribution in [0.3, 0.4) is 0 Å². The molecule has 1 aromatic rings. The fourth-order valence-corrected chi connectivity index (χ4v) is 1.40. The summed E-state index contributed by atoms with van der Waals surface area (Å²) >= 11 is 0. The van der Waals surface area contributed by atoms with Crippen LogP contribution in [0.15, 0.2) is 24.3 Å². The summed E-state index contributed by atoms with van der Waals surface area (Å²) in [6, 6.07) is 3.11. The second-order valence-electron chi connectivity index (χ2n) is 3.69. The van der Waals surface area contributed by atoms with Crippen molar-refractivity contribution in [3.05, 3.63) is 35.4 Å². The Morgan fingerprint density at radius 3 is 2.68 bits per heavy atom. The first-order chi connectivity index (χ1) is 8.84. The zero-order valence-corrected chi connectivity index (χ0v) is 10.2. The monoisotopic (exact) mass is 274 g/mol. The summed E-state index contributed by atoms with van der Waals surface area (Å²) < 4.78 is 42.2. The molecule has 0 aromatic heterocycles. The minimum absolute atomic E-state index is 0.0178. The molecule has 104 valence electrons. The maximum atomic E-state index is 12.5. The molecule has 0 aliphatic rings. The van der Waals surface area contributed by atoms with Crippen LogP contribution >= 0.6 is 0 Å². The van der Waals surface area contributed by atoms with Crippen LogP contribution in [-0.2, 0) is 15.7 Å². The molecule has 0 fully saturated rings. The van der Waals surface area contributed by atoms with Gasteiger partial charge in [-0.2, -0.15) is 13.2 Å². The number of halogens is 3. The first-order valence-corrected chi connectivity index (χ1v) is 5.57. The SMILES string of the molecule is CCOC(=O)CC=Cc1ccc(O)c(C(F)(F)F)c1. The van der Waals surface area contributed by atoms with E-state index in [4.69, 9.17) is 5.11 Å². The van der Waals surface area contributed by atoms with Gasteiger partial charge in [0.05, 0.1) is 18.6 Å². The normalized spacial score (nSPS) is 11.8. The Morgan fingerprint density at radius 1 is 1.42 bits per heavy atom. The highest BCUT2D eigenvalue weighted by atomic mass is 19.4. The molecule has 0 atom stereocenters. The number of alkyl halides is 3.